The molecule has 29 heavy (non-hydrogen) atoms. The van der Waals surface area contributed by atoms with Crippen LogP contribution in [0.25, 0.3) is 0 Å². The number of thioether (sulfide) groups is 2. The van der Waals surface area contributed by atoms with E-state index in [9.17, 15) is 4.79 Å². The molecule has 1 saturated carbocycles. The number of hydrogen-bond donors (Lipinski definition) is 0. The Hall–Kier alpha value is -1.59. The first-order valence-corrected chi connectivity index (χ1v) is 12.6. The van der Waals surface area contributed by atoms with Gasteiger partial charge in [-0.2, -0.15) is 0 Å². The number of carbonyl (C=O) groups is 1. The van der Waals surface area contributed by atoms with Crippen molar-refractivity contribution < 1.29 is 9.53 Å². The van der Waals surface area contributed by atoms with E-state index >= 15 is 0 Å². The van der Waals surface area contributed by atoms with E-state index in [1.54, 1.807) is 0 Å². The maximum absolute atomic E-state index is 13.0. The van der Waals surface area contributed by atoms with Crippen molar-refractivity contribution in [1.82, 2.24) is 4.90 Å². The number of ether oxygens (including phenoxy) is 1. The van der Waals surface area contributed by atoms with Gasteiger partial charge in [0, 0.05) is 12.6 Å². The van der Waals surface area contributed by atoms with Crippen molar-refractivity contribution >= 4 is 29.4 Å². The highest BCUT2D eigenvalue weighted by Crippen LogP contribution is 2.43. The van der Waals surface area contributed by atoms with Crippen molar-refractivity contribution in [2.45, 2.75) is 43.4 Å². The van der Waals surface area contributed by atoms with Crippen molar-refractivity contribution in [2.75, 3.05) is 18.1 Å². The largest absolute Gasteiger partial charge is 0.484 e. The average molecular weight is 428 g/mol. The SMILES string of the molecule is CC(C1CC1)N(Cc1ccccc1)C(=O)COc1ccc(C2SCCCS2)cc1. The van der Waals surface area contributed by atoms with Gasteiger partial charge >= 0.3 is 0 Å². The van der Waals surface area contributed by atoms with Crippen LogP contribution in [0.3, 0.4) is 0 Å². The number of benzene rings is 2. The standard InChI is InChI=1S/C24H29NO2S2/c1-18(20-8-9-20)25(16-19-6-3-2-4-7-19)23(26)17-27-22-12-10-21(11-13-22)24-28-14-5-15-29-24/h2-4,6-7,10-13,18,20,24H,5,8-9,14-17H2,1H3. The van der Waals surface area contributed by atoms with Crippen LogP contribution in [0.15, 0.2) is 54.6 Å². The Morgan fingerprint density at radius 3 is 2.41 bits per heavy atom. The zero-order valence-electron chi connectivity index (χ0n) is 17.0. The summed E-state index contributed by atoms with van der Waals surface area (Å²) in [6.45, 7) is 2.92. The molecule has 4 rings (SSSR count). The Balaban J connectivity index is 1.35. The molecule has 2 aromatic rings. The number of carbonyl (C=O) groups excluding carboxylic acids is 1. The van der Waals surface area contributed by atoms with Gasteiger partial charge in [-0.05, 0) is 66.9 Å². The van der Waals surface area contributed by atoms with Gasteiger partial charge in [0.05, 0.1) is 4.58 Å². The van der Waals surface area contributed by atoms with Crippen molar-refractivity contribution in [3.05, 3.63) is 65.7 Å². The minimum Gasteiger partial charge on any atom is -0.484 e. The van der Waals surface area contributed by atoms with Crippen LogP contribution in [0.1, 0.15) is 41.9 Å². The molecule has 2 aliphatic rings. The Morgan fingerprint density at radius 1 is 1.07 bits per heavy atom. The molecule has 0 radical (unpaired) electrons. The second-order valence-electron chi connectivity index (χ2n) is 7.87. The molecular formula is C24H29NO2S2. The molecule has 3 nitrogen and oxygen atoms in total. The minimum atomic E-state index is 0.0655. The summed E-state index contributed by atoms with van der Waals surface area (Å²) < 4.78 is 6.40. The van der Waals surface area contributed by atoms with Crippen molar-refractivity contribution in [3.63, 3.8) is 0 Å². The van der Waals surface area contributed by atoms with E-state index in [-0.39, 0.29) is 18.6 Å². The molecule has 0 spiro atoms. The maximum Gasteiger partial charge on any atom is 0.261 e. The molecule has 5 heteroatoms. The predicted octanol–water partition coefficient (Wildman–Crippen LogP) is 5.76. The molecule has 1 aliphatic carbocycles. The second kappa shape index (κ2) is 9.94. The van der Waals surface area contributed by atoms with Crippen LogP contribution in [0.2, 0.25) is 0 Å². The van der Waals surface area contributed by atoms with E-state index < -0.39 is 0 Å². The zero-order valence-corrected chi connectivity index (χ0v) is 18.6. The molecule has 0 aromatic heterocycles. The lowest BCUT2D eigenvalue weighted by molar-refractivity contribution is -0.136. The molecule has 1 aliphatic heterocycles. The molecular weight excluding hydrogens is 398 g/mol. The summed E-state index contributed by atoms with van der Waals surface area (Å²) in [6, 6.07) is 18.8. The lowest BCUT2D eigenvalue weighted by Crippen LogP contribution is -2.42. The predicted molar refractivity (Wildman–Crippen MR) is 123 cm³/mol. The molecule has 1 amide bonds. The zero-order chi connectivity index (χ0) is 20.1. The highest BCUT2D eigenvalue weighted by atomic mass is 32.2. The Labute approximate surface area is 182 Å². The fourth-order valence-corrected chi connectivity index (χ4v) is 6.60. The molecule has 0 bridgehead atoms. The first-order chi connectivity index (χ1) is 14.2. The molecule has 154 valence electrons. The van der Waals surface area contributed by atoms with Gasteiger partial charge in [-0.15, -0.1) is 23.5 Å². The van der Waals surface area contributed by atoms with Gasteiger partial charge in [-0.1, -0.05) is 42.5 Å². The van der Waals surface area contributed by atoms with Gasteiger partial charge < -0.3 is 9.64 Å². The van der Waals surface area contributed by atoms with Gasteiger partial charge in [0.2, 0.25) is 0 Å². The molecule has 2 fully saturated rings. The van der Waals surface area contributed by atoms with E-state index in [1.807, 2.05) is 58.8 Å². The first kappa shape index (κ1) is 20.7. The van der Waals surface area contributed by atoms with Crippen molar-refractivity contribution in [3.8, 4) is 5.75 Å². The lowest BCUT2D eigenvalue weighted by Gasteiger charge is -2.29. The minimum absolute atomic E-state index is 0.0655. The van der Waals surface area contributed by atoms with Crippen LogP contribution in [0.4, 0.5) is 0 Å². The van der Waals surface area contributed by atoms with Crippen molar-refractivity contribution in [1.29, 1.82) is 0 Å². The maximum atomic E-state index is 13.0. The quantitative estimate of drug-likeness (QED) is 0.535. The van der Waals surface area contributed by atoms with Crippen LogP contribution >= 0.6 is 23.5 Å². The third kappa shape index (κ3) is 5.73. The number of amides is 1. The number of hydrogen-bond acceptors (Lipinski definition) is 4. The van der Waals surface area contributed by atoms with E-state index in [4.69, 9.17) is 4.74 Å². The Morgan fingerprint density at radius 2 is 1.76 bits per heavy atom. The van der Waals surface area contributed by atoms with E-state index in [2.05, 4.69) is 31.2 Å². The summed E-state index contributed by atoms with van der Waals surface area (Å²) in [5, 5.41) is 0. The third-order valence-electron chi connectivity index (χ3n) is 5.65. The molecule has 1 unspecified atom stereocenters. The summed E-state index contributed by atoms with van der Waals surface area (Å²) in [5.74, 6) is 3.94. The highest BCUT2D eigenvalue weighted by molar-refractivity contribution is 8.16. The molecule has 2 aromatic carbocycles. The van der Waals surface area contributed by atoms with E-state index in [0.29, 0.717) is 17.0 Å². The van der Waals surface area contributed by atoms with E-state index in [0.717, 1.165) is 5.75 Å². The summed E-state index contributed by atoms with van der Waals surface area (Å²) in [6.07, 6.45) is 3.74. The second-order valence-corrected chi connectivity index (χ2v) is 10.6. The van der Waals surface area contributed by atoms with Gasteiger partial charge in [0.1, 0.15) is 5.75 Å². The molecule has 1 atom stereocenters. The first-order valence-electron chi connectivity index (χ1n) is 10.5. The fraction of sp³-hybridized carbons (Fsp3) is 0.458. The molecule has 1 saturated heterocycles. The van der Waals surface area contributed by atoms with Crippen molar-refractivity contribution in [2.24, 2.45) is 5.92 Å². The lowest BCUT2D eigenvalue weighted by atomic mass is 10.1. The summed E-state index contributed by atoms with van der Waals surface area (Å²) in [7, 11) is 0. The topological polar surface area (TPSA) is 29.5 Å². The van der Waals surface area contributed by atoms with Crippen LogP contribution < -0.4 is 4.74 Å². The van der Waals surface area contributed by atoms with Gasteiger partial charge in [0.15, 0.2) is 6.61 Å². The third-order valence-corrected chi connectivity index (χ3v) is 8.67. The monoisotopic (exact) mass is 427 g/mol. The average Bonchev–Trinajstić information content (AvgIpc) is 3.63. The smallest absolute Gasteiger partial charge is 0.261 e. The summed E-state index contributed by atoms with van der Waals surface area (Å²) >= 11 is 4.04. The van der Waals surface area contributed by atoms with E-state index in [1.165, 1.54) is 41.9 Å². The number of rotatable bonds is 8. The highest BCUT2D eigenvalue weighted by Gasteiger charge is 2.34. The Kier molecular flexibility index (Phi) is 7.09. The summed E-state index contributed by atoms with van der Waals surface area (Å²) in [5.41, 5.74) is 2.51. The normalized spacial score (nSPS) is 18.2. The van der Waals surface area contributed by atoms with Crippen LogP contribution in [0, 0.1) is 5.92 Å². The molecule has 0 N–H and O–H groups in total. The fourth-order valence-electron chi connectivity index (χ4n) is 3.70. The molecule has 1 heterocycles. The van der Waals surface area contributed by atoms with Crippen LogP contribution in [-0.2, 0) is 11.3 Å². The van der Waals surface area contributed by atoms with Gasteiger partial charge in [-0.3, -0.25) is 4.79 Å². The summed E-state index contributed by atoms with van der Waals surface area (Å²) in [4.78, 5) is 15.0. The van der Waals surface area contributed by atoms with Crippen LogP contribution in [-0.4, -0.2) is 35.0 Å². The van der Waals surface area contributed by atoms with Gasteiger partial charge in [-0.25, -0.2) is 0 Å². The number of nitrogens with zero attached hydrogens (tertiary/aromatic N) is 1. The Bertz CT molecular complexity index is 786. The van der Waals surface area contributed by atoms with Crippen LogP contribution in [0.5, 0.6) is 5.75 Å². The van der Waals surface area contributed by atoms with Gasteiger partial charge in [0.25, 0.3) is 5.91 Å².